The predicted molar refractivity (Wildman–Crippen MR) is 97.8 cm³/mol. The van der Waals surface area contributed by atoms with Gasteiger partial charge in [0, 0.05) is 12.2 Å². The molecule has 0 aromatic heterocycles. The molecular weight excluding hydrogens is 356 g/mol. The third-order valence-electron chi connectivity index (χ3n) is 3.04. The molecule has 2 aromatic rings. The lowest BCUT2D eigenvalue weighted by atomic mass is 10.2. The summed E-state index contributed by atoms with van der Waals surface area (Å²) in [5.41, 5.74) is 1.17. The van der Waals surface area contributed by atoms with Gasteiger partial charge in [0.15, 0.2) is 23.0 Å². The number of carboxylic acids is 2. The van der Waals surface area contributed by atoms with Crippen LogP contribution in [0.2, 0.25) is 0 Å². The summed E-state index contributed by atoms with van der Waals surface area (Å²) < 4.78 is 4.86. The van der Waals surface area contributed by atoms with E-state index in [9.17, 15) is 14.7 Å². The van der Waals surface area contributed by atoms with Gasteiger partial charge in [0.25, 0.3) is 0 Å². The van der Waals surface area contributed by atoms with Crippen LogP contribution in [0.5, 0.6) is 23.0 Å². The summed E-state index contributed by atoms with van der Waals surface area (Å²) in [5.74, 6) is -2.23. The minimum atomic E-state index is -1.06. The number of aromatic hydroxyl groups is 3. The van der Waals surface area contributed by atoms with E-state index in [1.165, 1.54) is 43.5 Å². The third-order valence-corrected chi connectivity index (χ3v) is 3.04. The summed E-state index contributed by atoms with van der Waals surface area (Å²) in [5, 5.41) is 43.9. The lowest BCUT2D eigenvalue weighted by molar-refractivity contribution is -0.132. The zero-order chi connectivity index (χ0) is 20.4. The van der Waals surface area contributed by atoms with Crippen molar-refractivity contribution in [2.24, 2.45) is 0 Å². The first kappa shape index (κ1) is 21.1. The van der Waals surface area contributed by atoms with E-state index in [4.69, 9.17) is 25.2 Å². The average molecular weight is 374 g/mol. The molecule has 0 heterocycles. The fourth-order valence-electron chi connectivity index (χ4n) is 1.78. The molecule has 8 nitrogen and oxygen atoms in total. The van der Waals surface area contributed by atoms with Crippen molar-refractivity contribution in [2.45, 2.75) is 0 Å². The number of carbonyl (C=O) groups is 2. The quantitative estimate of drug-likeness (QED) is 0.397. The van der Waals surface area contributed by atoms with Crippen molar-refractivity contribution < 1.29 is 39.9 Å². The Bertz CT molecular complexity index is 868. The fourth-order valence-corrected chi connectivity index (χ4v) is 1.78. The van der Waals surface area contributed by atoms with E-state index in [2.05, 4.69) is 0 Å². The van der Waals surface area contributed by atoms with Crippen molar-refractivity contribution in [2.75, 3.05) is 7.11 Å². The molecule has 0 radical (unpaired) electrons. The maximum absolute atomic E-state index is 10.2. The van der Waals surface area contributed by atoms with Gasteiger partial charge in [-0.1, -0.05) is 12.1 Å². The maximum Gasteiger partial charge on any atom is 0.328 e. The summed E-state index contributed by atoms with van der Waals surface area (Å²) >= 11 is 0. The number of aliphatic carboxylic acids is 2. The molecule has 0 spiro atoms. The summed E-state index contributed by atoms with van der Waals surface area (Å²) in [6.07, 6.45) is 4.71. The van der Waals surface area contributed by atoms with Crippen LogP contribution in [0, 0.1) is 0 Å². The Morgan fingerprint density at radius 2 is 1.26 bits per heavy atom. The van der Waals surface area contributed by atoms with Crippen LogP contribution in [0.1, 0.15) is 11.1 Å². The number of benzene rings is 2. The molecule has 27 heavy (non-hydrogen) atoms. The zero-order valence-electron chi connectivity index (χ0n) is 14.2. The van der Waals surface area contributed by atoms with Crippen molar-refractivity contribution in [3.63, 3.8) is 0 Å². The molecule has 8 heteroatoms. The van der Waals surface area contributed by atoms with E-state index in [-0.39, 0.29) is 17.2 Å². The van der Waals surface area contributed by atoms with Crippen molar-refractivity contribution >= 4 is 24.1 Å². The highest BCUT2D eigenvalue weighted by Crippen LogP contribution is 2.26. The van der Waals surface area contributed by atoms with Gasteiger partial charge in [0.2, 0.25) is 0 Å². The van der Waals surface area contributed by atoms with Crippen LogP contribution in [0.3, 0.4) is 0 Å². The number of hydrogen-bond donors (Lipinski definition) is 5. The third kappa shape index (κ3) is 7.65. The van der Waals surface area contributed by atoms with Gasteiger partial charge in [-0.05, 0) is 47.5 Å². The Balaban J connectivity index is 0.000000271. The van der Waals surface area contributed by atoms with Gasteiger partial charge >= 0.3 is 11.9 Å². The Morgan fingerprint density at radius 3 is 1.70 bits per heavy atom. The van der Waals surface area contributed by atoms with Gasteiger partial charge in [-0.15, -0.1) is 0 Å². The number of methoxy groups -OCH3 is 1. The number of rotatable bonds is 5. The molecule has 0 saturated heterocycles. The number of phenols is 3. The predicted octanol–water partition coefficient (Wildman–Crippen LogP) is 2.69. The second-order valence-corrected chi connectivity index (χ2v) is 5.02. The van der Waals surface area contributed by atoms with Crippen LogP contribution in [0.15, 0.2) is 48.6 Å². The second kappa shape index (κ2) is 10.1. The Hall–Kier alpha value is -3.94. The fraction of sp³-hybridized carbons (Fsp3) is 0.0526. The highest BCUT2D eigenvalue weighted by Gasteiger charge is 2.00. The molecule has 0 aliphatic rings. The molecule has 2 aromatic carbocycles. The first-order valence-corrected chi connectivity index (χ1v) is 7.44. The molecule has 142 valence electrons. The molecule has 0 aliphatic heterocycles. The lowest BCUT2D eigenvalue weighted by Gasteiger charge is -2.03. The first-order valence-electron chi connectivity index (χ1n) is 7.44. The van der Waals surface area contributed by atoms with Gasteiger partial charge < -0.3 is 30.3 Å². The Morgan fingerprint density at radius 1 is 0.778 bits per heavy atom. The summed E-state index contributed by atoms with van der Waals surface area (Å²) in [6, 6.07) is 8.65. The zero-order valence-corrected chi connectivity index (χ0v) is 14.2. The van der Waals surface area contributed by atoms with Crippen LogP contribution < -0.4 is 4.74 Å². The number of carboxylic acid groups (broad SMARTS) is 2. The largest absolute Gasteiger partial charge is 0.504 e. The van der Waals surface area contributed by atoms with E-state index in [1.807, 2.05) is 0 Å². The summed E-state index contributed by atoms with van der Waals surface area (Å²) in [6.45, 7) is 0. The van der Waals surface area contributed by atoms with Crippen LogP contribution >= 0.6 is 0 Å². The second-order valence-electron chi connectivity index (χ2n) is 5.02. The normalized spacial score (nSPS) is 10.4. The molecule has 0 saturated carbocycles. The number of hydrogen-bond acceptors (Lipinski definition) is 6. The SMILES string of the molecule is COc1cc(/C=C/C(=O)O)ccc1O.O=C(O)/C=C/c1ccc(O)c(O)c1. The maximum atomic E-state index is 10.2. The lowest BCUT2D eigenvalue weighted by Crippen LogP contribution is -1.87. The molecule has 0 atom stereocenters. The van der Waals surface area contributed by atoms with E-state index in [0.29, 0.717) is 16.9 Å². The van der Waals surface area contributed by atoms with Crippen LogP contribution in [0.4, 0.5) is 0 Å². The summed E-state index contributed by atoms with van der Waals surface area (Å²) in [4.78, 5) is 20.4. The standard InChI is InChI=1S/C10H10O4.C9H8O4/c1-14-9-6-7(2-4-8(9)11)3-5-10(12)13;10-7-3-1-6(5-8(7)11)2-4-9(12)13/h2-6,11H,1H3,(H,12,13);1-5,10-11H,(H,12,13)/b5-3+;4-2+. The van der Waals surface area contributed by atoms with Gasteiger partial charge in [0.05, 0.1) is 7.11 Å². The molecule has 0 aliphatic carbocycles. The van der Waals surface area contributed by atoms with Crippen molar-refractivity contribution in [1.29, 1.82) is 0 Å². The van der Waals surface area contributed by atoms with Gasteiger partial charge in [0.1, 0.15) is 0 Å². The minimum absolute atomic E-state index is 0.0278. The molecule has 5 N–H and O–H groups in total. The molecule has 0 fully saturated rings. The van der Waals surface area contributed by atoms with Crippen molar-refractivity contribution in [3.05, 3.63) is 59.7 Å². The molecule has 0 amide bonds. The van der Waals surface area contributed by atoms with Crippen molar-refractivity contribution in [3.8, 4) is 23.0 Å². The molecule has 2 rings (SSSR count). The van der Waals surface area contributed by atoms with Crippen LogP contribution in [-0.2, 0) is 9.59 Å². The van der Waals surface area contributed by atoms with E-state index >= 15 is 0 Å². The smallest absolute Gasteiger partial charge is 0.328 e. The average Bonchev–Trinajstić information content (AvgIpc) is 2.62. The molecule has 0 bridgehead atoms. The first-order chi connectivity index (χ1) is 12.7. The highest BCUT2D eigenvalue weighted by molar-refractivity contribution is 5.85. The monoisotopic (exact) mass is 374 g/mol. The number of phenolic OH excluding ortho intramolecular Hbond substituents is 3. The Labute approximate surface area is 154 Å². The van der Waals surface area contributed by atoms with Crippen LogP contribution in [0.25, 0.3) is 12.2 Å². The van der Waals surface area contributed by atoms with E-state index in [1.54, 1.807) is 12.1 Å². The Kier molecular flexibility index (Phi) is 7.93. The van der Waals surface area contributed by atoms with E-state index in [0.717, 1.165) is 12.2 Å². The molecule has 0 unspecified atom stereocenters. The van der Waals surface area contributed by atoms with Crippen molar-refractivity contribution in [1.82, 2.24) is 0 Å². The van der Waals surface area contributed by atoms with Gasteiger partial charge in [-0.25, -0.2) is 9.59 Å². The van der Waals surface area contributed by atoms with Gasteiger partial charge in [-0.2, -0.15) is 0 Å². The van der Waals surface area contributed by atoms with Gasteiger partial charge in [-0.3, -0.25) is 0 Å². The molecular formula is C19H18O8. The highest BCUT2D eigenvalue weighted by atomic mass is 16.5. The van der Waals surface area contributed by atoms with E-state index < -0.39 is 11.9 Å². The number of ether oxygens (including phenoxy) is 1. The minimum Gasteiger partial charge on any atom is -0.504 e. The summed E-state index contributed by atoms with van der Waals surface area (Å²) in [7, 11) is 1.43. The topological polar surface area (TPSA) is 145 Å². The van der Waals surface area contributed by atoms with Crippen LogP contribution in [-0.4, -0.2) is 44.6 Å².